The number of phenolic OH excluding ortho intramolecular Hbond substituents is 1. The molecule has 1 aromatic heterocycles. The van der Waals surface area contributed by atoms with E-state index >= 15 is 0 Å². The molecular weight excluding hydrogens is 515 g/mol. The fourth-order valence-electron chi connectivity index (χ4n) is 2.93. The summed E-state index contributed by atoms with van der Waals surface area (Å²) < 4.78 is 0. The van der Waals surface area contributed by atoms with E-state index in [2.05, 4.69) is 25.7 Å². The number of nitrogens with one attached hydrogen (secondary N) is 2. The number of carbonyl (C=O) groups excluding carboxylic acids is 1. The number of amides is 1. The highest BCUT2D eigenvalue weighted by atomic mass is 35.5. The average Bonchev–Trinajstić information content (AvgIpc) is 3.28. The minimum absolute atomic E-state index is 0.0492. The maximum absolute atomic E-state index is 12.1. The number of rotatable bonds is 7. The van der Waals surface area contributed by atoms with E-state index in [0.29, 0.717) is 31.9 Å². The Morgan fingerprint density at radius 3 is 2.71 bits per heavy atom. The van der Waals surface area contributed by atoms with E-state index in [1.54, 1.807) is 36.4 Å². The number of aromatic amines is 1. The van der Waals surface area contributed by atoms with Crippen LogP contribution >= 0.6 is 35.0 Å². The van der Waals surface area contributed by atoms with E-state index in [9.17, 15) is 20.0 Å². The van der Waals surface area contributed by atoms with Crippen molar-refractivity contribution in [2.45, 2.75) is 10.1 Å². The first-order valence-electron chi connectivity index (χ1n) is 9.77. The number of hydrazone groups is 1. The van der Waals surface area contributed by atoms with E-state index in [1.165, 1.54) is 30.5 Å². The second kappa shape index (κ2) is 10.6. The summed E-state index contributed by atoms with van der Waals surface area (Å²) in [4.78, 5) is 27.9. The third kappa shape index (κ3) is 5.77. The third-order valence-electron chi connectivity index (χ3n) is 4.56. The molecule has 0 aliphatic carbocycles. The lowest BCUT2D eigenvalue weighted by Gasteiger charge is -2.03. The highest BCUT2D eigenvalue weighted by Crippen LogP contribution is 2.35. The van der Waals surface area contributed by atoms with Gasteiger partial charge in [0.25, 0.3) is 11.6 Å². The van der Waals surface area contributed by atoms with Crippen LogP contribution in [0.25, 0.3) is 11.4 Å². The molecule has 0 saturated heterocycles. The number of aromatic hydroxyl groups is 1. The lowest BCUT2D eigenvalue weighted by atomic mass is 10.2. The van der Waals surface area contributed by atoms with Gasteiger partial charge in [-0.3, -0.25) is 20.0 Å². The number of para-hydroxylation sites is 1. The van der Waals surface area contributed by atoms with Gasteiger partial charge in [-0.15, -0.1) is 5.10 Å². The number of benzene rings is 3. The molecule has 0 spiro atoms. The highest BCUT2D eigenvalue weighted by molar-refractivity contribution is 7.99. The summed E-state index contributed by atoms with van der Waals surface area (Å²) in [5, 5.41) is 33.1. The summed E-state index contributed by atoms with van der Waals surface area (Å²) in [7, 11) is 0. The Bertz CT molecular complexity index is 1460. The van der Waals surface area contributed by atoms with E-state index in [4.69, 9.17) is 23.2 Å². The van der Waals surface area contributed by atoms with Crippen molar-refractivity contribution in [3.63, 3.8) is 0 Å². The Kier molecular flexibility index (Phi) is 7.30. The molecule has 0 radical (unpaired) electrons. The van der Waals surface area contributed by atoms with Gasteiger partial charge in [-0.1, -0.05) is 41.4 Å². The Morgan fingerprint density at radius 2 is 1.97 bits per heavy atom. The van der Waals surface area contributed by atoms with Crippen molar-refractivity contribution in [3.05, 3.63) is 92.0 Å². The summed E-state index contributed by atoms with van der Waals surface area (Å²) in [6, 6.07) is 15.3. The summed E-state index contributed by atoms with van der Waals surface area (Å²) in [5.74, 6) is -0.423. The Hall–Kier alpha value is -3.93. The molecule has 0 unspecified atom stereocenters. The maximum Gasteiger partial charge on any atom is 0.283 e. The van der Waals surface area contributed by atoms with Crippen LogP contribution in [0.5, 0.6) is 5.75 Å². The van der Waals surface area contributed by atoms with Crippen molar-refractivity contribution < 1.29 is 14.8 Å². The van der Waals surface area contributed by atoms with Crippen LogP contribution in [0.2, 0.25) is 10.0 Å². The number of nitro groups is 1. The van der Waals surface area contributed by atoms with Crippen LogP contribution < -0.4 is 5.43 Å². The molecule has 13 heteroatoms. The number of halogens is 2. The summed E-state index contributed by atoms with van der Waals surface area (Å²) in [6.45, 7) is 0. The van der Waals surface area contributed by atoms with Crippen LogP contribution in [0.3, 0.4) is 0 Å². The number of hydrogen-bond acceptors (Lipinski definition) is 8. The second-order valence-corrected chi connectivity index (χ2v) is 8.75. The molecular formula is C22H14Cl2N6O4S. The van der Waals surface area contributed by atoms with Crippen molar-refractivity contribution in [1.29, 1.82) is 0 Å². The summed E-state index contributed by atoms with van der Waals surface area (Å²) in [6.07, 6.45) is 1.26. The van der Waals surface area contributed by atoms with Crippen LogP contribution in [-0.2, 0) is 0 Å². The number of nitrogens with zero attached hydrogens (tertiary/aromatic N) is 4. The minimum Gasteiger partial charge on any atom is -0.507 e. The van der Waals surface area contributed by atoms with Crippen LogP contribution in [0.4, 0.5) is 5.69 Å². The monoisotopic (exact) mass is 528 g/mol. The topological polar surface area (TPSA) is 146 Å². The molecule has 4 aromatic rings. The first-order valence-corrected chi connectivity index (χ1v) is 11.3. The lowest BCUT2D eigenvalue weighted by Crippen LogP contribution is -2.17. The van der Waals surface area contributed by atoms with Gasteiger partial charge in [-0.05, 0) is 48.2 Å². The van der Waals surface area contributed by atoms with E-state index in [1.807, 2.05) is 0 Å². The fourth-order valence-corrected chi connectivity index (χ4v) is 4.22. The van der Waals surface area contributed by atoms with Gasteiger partial charge in [0, 0.05) is 22.2 Å². The third-order valence-corrected chi connectivity index (χ3v) is 6.04. The highest BCUT2D eigenvalue weighted by Gasteiger charge is 2.18. The van der Waals surface area contributed by atoms with Crippen LogP contribution in [0, 0.1) is 10.1 Å². The molecule has 4 rings (SSSR count). The van der Waals surface area contributed by atoms with Gasteiger partial charge in [-0.25, -0.2) is 10.4 Å². The molecule has 0 bridgehead atoms. The predicted octanol–water partition coefficient (Wildman–Crippen LogP) is 5.31. The fraction of sp³-hybridized carbons (Fsp3) is 0. The first-order chi connectivity index (χ1) is 16.8. The molecule has 35 heavy (non-hydrogen) atoms. The zero-order chi connectivity index (χ0) is 24.9. The lowest BCUT2D eigenvalue weighted by molar-refractivity contribution is -0.387. The number of hydrogen-bond donors (Lipinski definition) is 3. The van der Waals surface area contributed by atoms with Gasteiger partial charge in [0.05, 0.1) is 26.6 Å². The maximum atomic E-state index is 12.1. The molecule has 3 aromatic carbocycles. The van der Waals surface area contributed by atoms with Crippen molar-refractivity contribution in [2.75, 3.05) is 0 Å². The van der Waals surface area contributed by atoms with Crippen molar-refractivity contribution in [3.8, 4) is 17.1 Å². The Morgan fingerprint density at radius 1 is 1.17 bits per heavy atom. The minimum atomic E-state index is -0.623. The van der Waals surface area contributed by atoms with E-state index < -0.39 is 10.8 Å². The zero-order valence-corrected chi connectivity index (χ0v) is 19.8. The van der Waals surface area contributed by atoms with Gasteiger partial charge in [-0.2, -0.15) is 5.10 Å². The molecule has 1 heterocycles. The van der Waals surface area contributed by atoms with Crippen molar-refractivity contribution >= 4 is 52.8 Å². The van der Waals surface area contributed by atoms with E-state index in [0.717, 1.165) is 11.8 Å². The van der Waals surface area contributed by atoms with Gasteiger partial charge in [0.15, 0.2) is 5.82 Å². The number of nitro benzene ring substituents is 1. The molecule has 3 N–H and O–H groups in total. The van der Waals surface area contributed by atoms with Gasteiger partial charge < -0.3 is 5.11 Å². The number of phenols is 1. The van der Waals surface area contributed by atoms with Crippen LogP contribution in [0.1, 0.15) is 15.9 Å². The standard InChI is InChI=1S/C22H14Cl2N6O4S/c23-13-6-7-14(16(24)10-13)20-26-22(29-27-20)35-19-8-5-12(9-17(19)30(33)34)11-25-28-21(32)15-3-1-2-4-18(15)31/h1-11,31H,(H,28,32)(H,26,27,29)/b25-11-. The number of H-pyrrole nitrogens is 1. The summed E-state index contributed by atoms with van der Waals surface area (Å²) in [5.41, 5.74) is 3.09. The molecule has 1 amide bonds. The van der Waals surface area contributed by atoms with Gasteiger partial charge in [0.1, 0.15) is 5.75 Å². The molecule has 0 saturated carbocycles. The SMILES string of the molecule is O=C(N/N=C\c1ccc(Sc2n[nH]c(-c3ccc(Cl)cc3Cl)n2)c([N+](=O)[O-])c1)c1ccccc1O. The molecule has 0 atom stereocenters. The first kappa shape index (κ1) is 24.2. The number of carbonyl (C=O) groups is 1. The largest absolute Gasteiger partial charge is 0.507 e. The van der Waals surface area contributed by atoms with Gasteiger partial charge in [0.2, 0.25) is 5.16 Å². The Labute approximate surface area is 212 Å². The molecule has 0 aliphatic heterocycles. The van der Waals surface area contributed by atoms with E-state index in [-0.39, 0.29) is 22.2 Å². The van der Waals surface area contributed by atoms with Gasteiger partial charge >= 0.3 is 0 Å². The van der Waals surface area contributed by atoms with Crippen LogP contribution in [-0.4, -0.2) is 37.3 Å². The van der Waals surface area contributed by atoms with Crippen LogP contribution in [0.15, 0.2) is 75.8 Å². The van der Waals surface area contributed by atoms with Crippen molar-refractivity contribution in [1.82, 2.24) is 20.6 Å². The normalized spacial score (nSPS) is 11.0. The zero-order valence-electron chi connectivity index (χ0n) is 17.5. The Balaban J connectivity index is 1.50. The molecule has 176 valence electrons. The summed E-state index contributed by atoms with van der Waals surface area (Å²) >= 11 is 13.1. The number of aromatic nitrogens is 3. The second-order valence-electron chi connectivity index (χ2n) is 6.89. The molecule has 0 fully saturated rings. The molecule has 0 aliphatic rings. The molecule has 10 nitrogen and oxygen atoms in total. The van der Waals surface area contributed by atoms with Crippen molar-refractivity contribution in [2.24, 2.45) is 5.10 Å². The average molecular weight is 529 g/mol. The quantitative estimate of drug-likeness (QED) is 0.167. The smallest absolute Gasteiger partial charge is 0.283 e. The predicted molar refractivity (Wildman–Crippen MR) is 132 cm³/mol.